The van der Waals surface area contributed by atoms with Gasteiger partial charge in [-0.1, -0.05) is 6.07 Å². The molecule has 0 aliphatic carbocycles. The number of nitrogens with zero attached hydrogens (tertiary/aromatic N) is 4. The third-order valence-electron chi connectivity index (χ3n) is 4.97. The van der Waals surface area contributed by atoms with Crippen molar-refractivity contribution < 1.29 is 13.4 Å². The number of likely N-dealkylation sites (tertiary alicyclic amines) is 1. The van der Waals surface area contributed by atoms with E-state index in [2.05, 4.69) is 22.4 Å². The first-order valence-electron chi connectivity index (χ1n) is 9.18. The van der Waals surface area contributed by atoms with Gasteiger partial charge in [-0.15, -0.1) is 0 Å². The second kappa shape index (κ2) is 9.70. The Morgan fingerprint density at radius 2 is 2.14 bits per heavy atom. The summed E-state index contributed by atoms with van der Waals surface area (Å²) in [5.41, 5.74) is 0.640. The van der Waals surface area contributed by atoms with Crippen molar-refractivity contribution in [2.45, 2.75) is 25.8 Å². The van der Waals surface area contributed by atoms with Crippen molar-refractivity contribution in [3.05, 3.63) is 48.5 Å². The van der Waals surface area contributed by atoms with Crippen LogP contribution in [-0.4, -0.2) is 51.6 Å². The van der Waals surface area contributed by atoms with Crippen LogP contribution in [0.4, 0.5) is 14.9 Å². The average molecular weight is 405 g/mol. The fourth-order valence-corrected chi connectivity index (χ4v) is 3.75. The van der Waals surface area contributed by atoms with Crippen LogP contribution in [0.3, 0.4) is 0 Å². The number of piperidine rings is 1. The predicted molar refractivity (Wildman–Crippen MR) is 107 cm³/mol. The van der Waals surface area contributed by atoms with E-state index in [0.717, 1.165) is 12.8 Å². The van der Waals surface area contributed by atoms with Crippen molar-refractivity contribution in [1.29, 1.82) is 0 Å². The number of halogens is 1. The lowest BCUT2D eigenvalue weighted by atomic mass is 9.90. The zero-order valence-electron chi connectivity index (χ0n) is 15.9. The van der Waals surface area contributed by atoms with Gasteiger partial charge in [-0.05, 0) is 43.9 Å². The molecule has 1 N–H and O–H groups in total. The first-order chi connectivity index (χ1) is 13.5. The van der Waals surface area contributed by atoms with Crippen LogP contribution in [0.2, 0.25) is 0 Å². The topological polar surface area (TPSA) is 70.6 Å². The van der Waals surface area contributed by atoms with Gasteiger partial charge in [0.05, 0.1) is 18.1 Å². The summed E-state index contributed by atoms with van der Waals surface area (Å²) in [6.45, 7) is 3.54. The zero-order valence-corrected chi connectivity index (χ0v) is 16.7. The number of anilines is 1. The number of hydrogen-bond donors (Lipinski definition) is 1. The third kappa shape index (κ3) is 5.56. The molecule has 2 aromatic rings. The summed E-state index contributed by atoms with van der Waals surface area (Å²) in [5.74, 6) is 0.614. The van der Waals surface area contributed by atoms with Crippen molar-refractivity contribution in [1.82, 2.24) is 19.4 Å². The fraction of sp³-hybridized carbons (Fsp3) is 0.421. The Balaban J connectivity index is 1.43. The highest BCUT2D eigenvalue weighted by Crippen LogP contribution is 2.28. The molecular weight excluding hydrogens is 381 g/mol. The molecule has 1 aliphatic rings. The van der Waals surface area contributed by atoms with E-state index in [4.69, 9.17) is 4.18 Å². The second-order valence-electron chi connectivity index (χ2n) is 6.79. The highest BCUT2D eigenvalue weighted by molar-refractivity contribution is 7.92. The van der Waals surface area contributed by atoms with E-state index < -0.39 is 0 Å². The molecule has 7 nitrogen and oxygen atoms in total. The summed E-state index contributed by atoms with van der Waals surface area (Å²) in [7, 11) is 1.96. The number of aromatic nitrogens is 2. The number of rotatable bonds is 6. The summed E-state index contributed by atoms with van der Waals surface area (Å²) >= 11 is 1.21. The van der Waals surface area contributed by atoms with Gasteiger partial charge in [-0.25, -0.2) is 13.5 Å². The largest absolute Gasteiger partial charge is 0.409 e. The Morgan fingerprint density at radius 1 is 1.36 bits per heavy atom. The standard InChI is InChI=1S/C19H24FN5O2S/c1-14(24(2)28-27-18-5-3-4-16(20)12-18)15-7-10-25(11-8-15)19(26)23-17-6-9-21-22-13-17/h3-6,9,12-15H,7-8,10-11H2,1-2H3,(H,21,23,26). The lowest BCUT2D eigenvalue weighted by Crippen LogP contribution is -2.45. The number of hydrogen-bond acceptors (Lipinski definition) is 6. The van der Waals surface area contributed by atoms with E-state index in [9.17, 15) is 9.18 Å². The molecule has 1 fully saturated rings. The third-order valence-corrected chi connectivity index (χ3v) is 5.80. The number of amides is 2. The van der Waals surface area contributed by atoms with Crippen molar-refractivity contribution in [2.24, 2.45) is 5.92 Å². The molecule has 1 unspecified atom stereocenters. The van der Waals surface area contributed by atoms with Gasteiger partial charge in [-0.2, -0.15) is 10.2 Å². The molecule has 3 rings (SSSR count). The summed E-state index contributed by atoms with van der Waals surface area (Å²) in [6, 6.07) is 7.95. The van der Waals surface area contributed by atoms with E-state index in [1.54, 1.807) is 24.4 Å². The Hall–Kier alpha value is -2.39. The van der Waals surface area contributed by atoms with Gasteiger partial charge in [0.15, 0.2) is 0 Å². The van der Waals surface area contributed by atoms with Crippen LogP contribution in [0.15, 0.2) is 42.7 Å². The quantitative estimate of drug-likeness (QED) is 0.582. The monoisotopic (exact) mass is 405 g/mol. The maximum absolute atomic E-state index is 13.2. The maximum atomic E-state index is 13.2. The Bertz CT molecular complexity index is 774. The minimum atomic E-state index is -0.318. The van der Waals surface area contributed by atoms with Crippen LogP contribution in [-0.2, 0) is 0 Å². The minimum Gasteiger partial charge on any atom is -0.409 e. The molecule has 0 bridgehead atoms. The molecule has 1 aliphatic heterocycles. The predicted octanol–water partition coefficient (Wildman–Crippen LogP) is 3.82. The molecule has 2 amide bonds. The van der Waals surface area contributed by atoms with Crippen LogP contribution in [0.5, 0.6) is 5.75 Å². The van der Waals surface area contributed by atoms with Crippen molar-refractivity contribution in [2.75, 3.05) is 25.5 Å². The molecule has 1 saturated heterocycles. The number of urea groups is 1. The SMILES string of the molecule is CC(C1CCN(C(=O)Nc2ccnnc2)CC1)N(C)SOc1cccc(F)c1. The van der Waals surface area contributed by atoms with Gasteiger partial charge in [0.25, 0.3) is 0 Å². The van der Waals surface area contributed by atoms with Gasteiger partial charge in [0.1, 0.15) is 23.8 Å². The summed E-state index contributed by atoms with van der Waals surface area (Å²) in [4.78, 5) is 14.2. The number of carbonyl (C=O) groups excluding carboxylic acids is 1. The van der Waals surface area contributed by atoms with Crippen LogP contribution in [0.25, 0.3) is 0 Å². The van der Waals surface area contributed by atoms with E-state index in [1.807, 2.05) is 16.3 Å². The minimum absolute atomic E-state index is 0.115. The van der Waals surface area contributed by atoms with Gasteiger partial charge in [-0.3, -0.25) is 0 Å². The number of benzene rings is 1. The van der Waals surface area contributed by atoms with Crippen LogP contribution in [0, 0.1) is 11.7 Å². The highest BCUT2D eigenvalue weighted by Gasteiger charge is 2.29. The number of nitrogens with one attached hydrogen (secondary N) is 1. The van der Waals surface area contributed by atoms with Crippen molar-refractivity contribution >= 4 is 23.9 Å². The number of carbonyl (C=O) groups is 1. The smallest absolute Gasteiger partial charge is 0.321 e. The lowest BCUT2D eigenvalue weighted by molar-refractivity contribution is 0.157. The first kappa shape index (κ1) is 20.3. The van der Waals surface area contributed by atoms with Crippen molar-refractivity contribution in [3.8, 4) is 5.75 Å². The Kier molecular flexibility index (Phi) is 7.05. The van der Waals surface area contributed by atoms with Crippen LogP contribution < -0.4 is 9.50 Å². The summed E-state index contributed by atoms with van der Waals surface area (Å²) in [6.07, 6.45) is 4.89. The molecule has 1 aromatic heterocycles. The average Bonchev–Trinajstić information content (AvgIpc) is 2.72. The molecule has 0 radical (unpaired) electrons. The van der Waals surface area contributed by atoms with E-state index in [-0.39, 0.29) is 17.9 Å². The Labute approximate surface area is 168 Å². The molecule has 0 spiro atoms. The summed E-state index contributed by atoms with van der Waals surface area (Å²) < 4.78 is 20.9. The maximum Gasteiger partial charge on any atom is 0.321 e. The summed E-state index contributed by atoms with van der Waals surface area (Å²) in [5, 5.41) is 10.3. The van der Waals surface area contributed by atoms with Gasteiger partial charge < -0.3 is 14.4 Å². The first-order valence-corrected chi connectivity index (χ1v) is 9.88. The molecular formula is C19H24FN5O2S. The normalized spacial score (nSPS) is 16.1. The lowest BCUT2D eigenvalue weighted by Gasteiger charge is -2.37. The molecule has 150 valence electrons. The van der Waals surface area contributed by atoms with Crippen LogP contribution >= 0.6 is 12.2 Å². The molecule has 0 saturated carbocycles. The zero-order chi connectivity index (χ0) is 19.9. The van der Waals surface area contributed by atoms with Gasteiger partial charge in [0.2, 0.25) is 0 Å². The fourth-order valence-electron chi connectivity index (χ4n) is 3.14. The van der Waals surface area contributed by atoms with Gasteiger partial charge in [0, 0.05) is 32.2 Å². The van der Waals surface area contributed by atoms with E-state index in [0.29, 0.717) is 30.4 Å². The molecule has 1 aromatic carbocycles. The second-order valence-corrected chi connectivity index (χ2v) is 7.68. The molecule has 1 atom stereocenters. The van der Waals surface area contributed by atoms with E-state index >= 15 is 0 Å². The highest BCUT2D eigenvalue weighted by atomic mass is 32.2. The molecule has 2 heterocycles. The van der Waals surface area contributed by atoms with Crippen molar-refractivity contribution in [3.63, 3.8) is 0 Å². The van der Waals surface area contributed by atoms with Crippen LogP contribution in [0.1, 0.15) is 19.8 Å². The van der Waals surface area contributed by atoms with E-state index in [1.165, 1.54) is 30.6 Å². The molecule has 9 heteroatoms. The Morgan fingerprint density at radius 3 is 2.82 bits per heavy atom. The molecule has 28 heavy (non-hydrogen) atoms. The van der Waals surface area contributed by atoms with Gasteiger partial charge >= 0.3 is 6.03 Å².